The van der Waals surface area contributed by atoms with Gasteiger partial charge in [-0.2, -0.15) is 0 Å². The molecule has 0 radical (unpaired) electrons. The SMILES string of the molecule is Cc1ccccc1C1=NCC(=O)NCC1. The Hall–Kier alpha value is -1.64. The first-order valence-electron chi connectivity index (χ1n) is 5.13. The highest BCUT2D eigenvalue weighted by Crippen LogP contribution is 2.11. The Labute approximate surface area is 89.2 Å². The largest absolute Gasteiger partial charge is 0.354 e. The van der Waals surface area contributed by atoms with E-state index in [1.165, 1.54) is 5.56 Å². The fourth-order valence-electron chi connectivity index (χ4n) is 1.74. The molecule has 0 saturated carbocycles. The minimum Gasteiger partial charge on any atom is -0.354 e. The quantitative estimate of drug-likeness (QED) is 0.732. The number of rotatable bonds is 1. The van der Waals surface area contributed by atoms with Gasteiger partial charge in [-0.1, -0.05) is 24.3 Å². The first-order valence-corrected chi connectivity index (χ1v) is 5.13. The second-order valence-corrected chi connectivity index (χ2v) is 3.68. The third-order valence-electron chi connectivity index (χ3n) is 2.55. The topological polar surface area (TPSA) is 41.5 Å². The van der Waals surface area contributed by atoms with Crippen molar-refractivity contribution in [1.82, 2.24) is 5.32 Å². The van der Waals surface area contributed by atoms with Gasteiger partial charge in [-0.3, -0.25) is 9.79 Å². The first kappa shape index (κ1) is 9.90. The first-order chi connectivity index (χ1) is 7.27. The highest BCUT2D eigenvalue weighted by Gasteiger charge is 2.11. The number of amides is 1. The summed E-state index contributed by atoms with van der Waals surface area (Å²) in [4.78, 5) is 15.5. The number of hydrogen-bond donors (Lipinski definition) is 1. The van der Waals surface area contributed by atoms with E-state index in [1.807, 2.05) is 12.1 Å². The van der Waals surface area contributed by atoms with E-state index in [0.717, 1.165) is 17.7 Å². The number of carbonyl (C=O) groups is 1. The van der Waals surface area contributed by atoms with E-state index in [1.54, 1.807) is 0 Å². The molecule has 2 rings (SSSR count). The van der Waals surface area contributed by atoms with Gasteiger partial charge >= 0.3 is 0 Å². The molecular weight excluding hydrogens is 188 g/mol. The molecule has 0 spiro atoms. The molecule has 3 heteroatoms. The molecule has 0 bridgehead atoms. The maximum absolute atomic E-state index is 11.1. The molecule has 15 heavy (non-hydrogen) atoms. The van der Waals surface area contributed by atoms with Crippen molar-refractivity contribution in [3.05, 3.63) is 35.4 Å². The number of benzene rings is 1. The van der Waals surface area contributed by atoms with Crippen LogP contribution in [0.2, 0.25) is 0 Å². The lowest BCUT2D eigenvalue weighted by Gasteiger charge is -2.06. The van der Waals surface area contributed by atoms with E-state index >= 15 is 0 Å². The molecule has 1 aliphatic rings. The number of carbonyl (C=O) groups excluding carboxylic acids is 1. The average molecular weight is 202 g/mol. The Bertz CT molecular complexity index is 410. The second-order valence-electron chi connectivity index (χ2n) is 3.68. The summed E-state index contributed by atoms with van der Waals surface area (Å²) in [7, 11) is 0. The predicted molar refractivity (Wildman–Crippen MR) is 60.2 cm³/mol. The number of aryl methyl sites for hydroxylation is 1. The van der Waals surface area contributed by atoms with Crippen LogP contribution in [-0.2, 0) is 4.79 Å². The van der Waals surface area contributed by atoms with Gasteiger partial charge < -0.3 is 5.32 Å². The molecule has 0 aromatic heterocycles. The van der Waals surface area contributed by atoms with Crippen LogP contribution < -0.4 is 5.32 Å². The molecular formula is C12H14N2O. The fourth-order valence-corrected chi connectivity index (χ4v) is 1.74. The molecule has 0 atom stereocenters. The Morgan fingerprint density at radius 1 is 1.33 bits per heavy atom. The fraction of sp³-hybridized carbons (Fsp3) is 0.333. The van der Waals surface area contributed by atoms with Crippen molar-refractivity contribution in [1.29, 1.82) is 0 Å². The molecule has 0 fully saturated rings. The minimum absolute atomic E-state index is 0.0126. The molecule has 1 aromatic rings. The van der Waals surface area contributed by atoms with Crippen LogP contribution in [0.4, 0.5) is 0 Å². The monoisotopic (exact) mass is 202 g/mol. The zero-order valence-corrected chi connectivity index (χ0v) is 8.79. The van der Waals surface area contributed by atoms with E-state index in [0.29, 0.717) is 6.54 Å². The zero-order chi connectivity index (χ0) is 10.7. The highest BCUT2D eigenvalue weighted by molar-refractivity contribution is 6.03. The van der Waals surface area contributed by atoms with Crippen LogP contribution in [0.1, 0.15) is 17.5 Å². The van der Waals surface area contributed by atoms with E-state index < -0.39 is 0 Å². The Balaban J connectivity index is 2.30. The molecule has 1 N–H and O–H groups in total. The summed E-state index contributed by atoms with van der Waals surface area (Å²) in [5, 5.41) is 2.81. The van der Waals surface area contributed by atoms with Gasteiger partial charge in [0.2, 0.25) is 5.91 Å². The van der Waals surface area contributed by atoms with Gasteiger partial charge in [0.25, 0.3) is 0 Å². The predicted octanol–water partition coefficient (Wildman–Crippen LogP) is 1.30. The van der Waals surface area contributed by atoms with Crippen LogP contribution in [0.3, 0.4) is 0 Å². The molecule has 0 unspecified atom stereocenters. The molecule has 1 aliphatic heterocycles. The van der Waals surface area contributed by atoms with Crippen LogP contribution in [-0.4, -0.2) is 24.7 Å². The van der Waals surface area contributed by atoms with Crippen LogP contribution >= 0.6 is 0 Å². The summed E-state index contributed by atoms with van der Waals surface area (Å²) in [5.41, 5.74) is 3.41. The maximum atomic E-state index is 11.1. The lowest BCUT2D eigenvalue weighted by molar-refractivity contribution is -0.119. The van der Waals surface area contributed by atoms with Gasteiger partial charge in [0.15, 0.2) is 0 Å². The third-order valence-corrected chi connectivity index (χ3v) is 2.55. The van der Waals surface area contributed by atoms with Gasteiger partial charge in [-0.05, 0) is 18.1 Å². The Morgan fingerprint density at radius 3 is 2.93 bits per heavy atom. The minimum atomic E-state index is 0.0126. The number of nitrogens with zero attached hydrogens (tertiary/aromatic N) is 1. The van der Waals surface area contributed by atoms with Gasteiger partial charge in [0.05, 0.1) is 0 Å². The van der Waals surface area contributed by atoms with E-state index in [2.05, 4.69) is 29.4 Å². The molecule has 0 aliphatic carbocycles. The summed E-state index contributed by atoms with van der Waals surface area (Å²) in [6.45, 7) is 3.01. The van der Waals surface area contributed by atoms with Crippen LogP contribution in [0, 0.1) is 6.92 Å². The normalized spacial score (nSPS) is 16.6. The van der Waals surface area contributed by atoms with Crippen molar-refractivity contribution >= 4 is 11.6 Å². The van der Waals surface area contributed by atoms with Gasteiger partial charge in [0, 0.05) is 18.7 Å². The lowest BCUT2D eigenvalue weighted by atomic mass is 10.0. The smallest absolute Gasteiger partial charge is 0.241 e. The van der Waals surface area contributed by atoms with Crippen molar-refractivity contribution in [2.24, 2.45) is 4.99 Å². The van der Waals surface area contributed by atoms with Crippen LogP contribution in [0.5, 0.6) is 0 Å². The Morgan fingerprint density at radius 2 is 2.13 bits per heavy atom. The summed E-state index contributed by atoms with van der Waals surface area (Å²) in [6.07, 6.45) is 0.816. The number of aliphatic imine (C=N–C) groups is 1. The van der Waals surface area contributed by atoms with E-state index in [4.69, 9.17) is 0 Å². The summed E-state index contributed by atoms with van der Waals surface area (Å²) in [5.74, 6) is 0.0126. The maximum Gasteiger partial charge on any atom is 0.241 e. The second kappa shape index (κ2) is 4.26. The number of nitrogens with one attached hydrogen (secondary N) is 1. The van der Waals surface area contributed by atoms with Gasteiger partial charge in [-0.15, -0.1) is 0 Å². The molecule has 1 aromatic carbocycles. The molecule has 78 valence electrons. The van der Waals surface area contributed by atoms with E-state index in [-0.39, 0.29) is 12.5 Å². The Kier molecular flexibility index (Phi) is 2.81. The zero-order valence-electron chi connectivity index (χ0n) is 8.79. The third kappa shape index (κ3) is 2.24. The van der Waals surface area contributed by atoms with Crippen molar-refractivity contribution in [3.8, 4) is 0 Å². The average Bonchev–Trinajstić information content (AvgIpc) is 2.44. The van der Waals surface area contributed by atoms with E-state index in [9.17, 15) is 4.79 Å². The molecule has 3 nitrogen and oxygen atoms in total. The van der Waals surface area contributed by atoms with Crippen molar-refractivity contribution in [2.75, 3.05) is 13.1 Å². The number of hydrogen-bond acceptors (Lipinski definition) is 2. The van der Waals surface area contributed by atoms with Crippen molar-refractivity contribution < 1.29 is 4.79 Å². The van der Waals surface area contributed by atoms with Crippen LogP contribution in [0.15, 0.2) is 29.3 Å². The van der Waals surface area contributed by atoms with Crippen molar-refractivity contribution in [2.45, 2.75) is 13.3 Å². The molecule has 0 saturated heterocycles. The molecule has 1 heterocycles. The lowest BCUT2D eigenvalue weighted by Crippen LogP contribution is -2.24. The highest BCUT2D eigenvalue weighted by atomic mass is 16.1. The van der Waals surface area contributed by atoms with Crippen LogP contribution in [0.25, 0.3) is 0 Å². The standard InChI is InChI=1S/C12H14N2O/c1-9-4-2-3-5-10(9)11-6-7-13-12(15)8-14-11/h2-5H,6-8H2,1H3,(H,13,15). The summed E-state index contributed by atoms with van der Waals surface area (Å²) < 4.78 is 0. The van der Waals surface area contributed by atoms with Gasteiger partial charge in [0.1, 0.15) is 6.54 Å². The van der Waals surface area contributed by atoms with Crippen molar-refractivity contribution in [3.63, 3.8) is 0 Å². The molecule has 1 amide bonds. The van der Waals surface area contributed by atoms with Gasteiger partial charge in [-0.25, -0.2) is 0 Å². The summed E-state index contributed by atoms with van der Waals surface area (Å²) >= 11 is 0. The summed E-state index contributed by atoms with van der Waals surface area (Å²) in [6, 6.07) is 8.15.